The highest BCUT2D eigenvalue weighted by Crippen LogP contribution is 2.34. The number of alkyl halides is 3. The van der Waals surface area contributed by atoms with Crippen molar-refractivity contribution in [1.82, 2.24) is 14.8 Å². The predicted molar refractivity (Wildman–Crippen MR) is 64.4 cm³/mol. The number of halogens is 5. The van der Waals surface area contributed by atoms with Gasteiger partial charge in [0, 0.05) is 23.3 Å². The molecule has 0 saturated heterocycles. The number of aromatic nitrogens is 3. The molecule has 0 radical (unpaired) electrons. The van der Waals surface area contributed by atoms with Crippen molar-refractivity contribution in [2.24, 2.45) is 7.05 Å². The zero-order valence-corrected chi connectivity index (χ0v) is 11.8. The zero-order chi connectivity index (χ0) is 16.0. The lowest BCUT2D eigenvalue weighted by Gasteiger charge is -2.09. The predicted octanol–water partition coefficient (Wildman–Crippen LogP) is 2.57. The normalized spacial score (nSPS) is 12.7. The van der Waals surface area contributed by atoms with E-state index >= 15 is 0 Å². The average molecular weight is 344 g/mol. The summed E-state index contributed by atoms with van der Waals surface area (Å²) in [5.74, 6) is -1.64. The van der Waals surface area contributed by atoms with Gasteiger partial charge in [0.1, 0.15) is 5.82 Å². The maximum absolute atomic E-state index is 13.2. The summed E-state index contributed by atoms with van der Waals surface area (Å²) in [6.07, 6.45) is -4.89. The monoisotopic (exact) mass is 343 g/mol. The van der Waals surface area contributed by atoms with Crippen LogP contribution in [0.3, 0.4) is 0 Å². The smallest absolute Gasteiger partial charge is 0.300 e. The van der Waals surface area contributed by atoms with Crippen LogP contribution in [0.15, 0.2) is 23.4 Å². The maximum Gasteiger partial charge on any atom is 0.419 e. The van der Waals surface area contributed by atoms with E-state index in [-0.39, 0.29) is 11.4 Å². The lowest BCUT2D eigenvalue weighted by atomic mass is 10.1. The number of rotatable bonds is 2. The van der Waals surface area contributed by atoms with Gasteiger partial charge in [0.2, 0.25) is 0 Å². The fraction of sp³-hybridized carbons (Fsp3) is 0.200. The summed E-state index contributed by atoms with van der Waals surface area (Å²) in [7, 11) is 2.11. The largest absolute Gasteiger partial charge is 0.419 e. The molecule has 2 aromatic rings. The van der Waals surface area contributed by atoms with E-state index in [0.29, 0.717) is 12.1 Å². The third-order valence-corrected chi connectivity index (χ3v) is 3.79. The molecule has 21 heavy (non-hydrogen) atoms. The Labute approximate surface area is 120 Å². The Bertz CT molecular complexity index is 801. The van der Waals surface area contributed by atoms with E-state index < -0.39 is 31.8 Å². The third kappa shape index (κ3) is 3.00. The lowest BCUT2D eigenvalue weighted by Crippen LogP contribution is -2.09. The number of nitrogens with zero attached hydrogens (tertiary/aromatic N) is 3. The summed E-state index contributed by atoms with van der Waals surface area (Å²) < 4.78 is 74.4. The van der Waals surface area contributed by atoms with Crippen molar-refractivity contribution in [3.63, 3.8) is 0 Å². The molecule has 0 aliphatic carbocycles. The minimum absolute atomic E-state index is 0.148. The van der Waals surface area contributed by atoms with Gasteiger partial charge in [-0.25, -0.2) is 12.8 Å². The SMILES string of the molecule is Cn1c(-c2ccc(F)c(C(F)(F)F)c2)nnc1S(=O)(=O)Cl. The van der Waals surface area contributed by atoms with Crippen LogP contribution in [0.1, 0.15) is 5.56 Å². The molecule has 11 heteroatoms. The molecule has 2 rings (SSSR count). The van der Waals surface area contributed by atoms with Gasteiger partial charge in [-0.3, -0.25) is 4.57 Å². The molecule has 0 saturated carbocycles. The molecule has 0 amide bonds. The summed E-state index contributed by atoms with van der Waals surface area (Å²) in [5, 5.41) is 6.13. The highest BCUT2D eigenvalue weighted by molar-refractivity contribution is 8.13. The number of hydrogen-bond acceptors (Lipinski definition) is 4. The zero-order valence-electron chi connectivity index (χ0n) is 10.2. The Kier molecular flexibility index (Phi) is 3.70. The van der Waals surface area contributed by atoms with E-state index in [1.807, 2.05) is 0 Å². The molecule has 0 aliphatic heterocycles. The van der Waals surface area contributed by atoms with Crippen molar-refractivity contribution in [1.29, 1.82) is 0 Å². The second-order valence-corrected chi connectivity index (χ2v) is 6.46. The minimum Gasteiger partial charge on any atom is -0.300 e. The first-order valence-corrected chi connectivity index (χ1v) is 7.54. The summed E-state index contributed by atoms with van der Waals surface area (Å²) in [5.41, 5.74) is -1.64. The number of hydrogen-bond donors (Lipinski definition) is 0. The van der Waals surface area contributed by atoms with Gasteiger partial charge in [-0.05, 0) is 18.2 Å². The minimum atomic E-state index is -4.89. The van der Waals surface area contributed by atoms with Crippen molar-refractivity contribution in [2.75, 3.05) is 0 Å². The molecule has 0 fully saturated rings. The first kappa shape index (κ1) is 15.7. The quantitative estimate of drug-likeness (QED) is 0.621. The molecule has 0 atom stereocenters. The van der Waals surface area contributed by atoms with Crippen LogP contribution >= 0.6 is 10.7 Å². The first-order valence-electron chi connectivity index (χ1n) is 5.23. The fourth-order valence-corrected chi connectivity index (χ4v) is 2.62. The number of benzene rings is 1. The molecule has 5 nitrogen and oxygen atoms in total. The van der Waals surface area contributed by atoms with E-state index in [4.69, 9.17) is 10.7 Å². The standard InChI is InChI=1S/C10H6ClF4N3O2S/c1-18-8(16-17-9(18)21(11,19)20)5-2-3-7(12)6(4-5)10(13,14)15/h2-4H,1H3. The van der Waals surface area contributed by atoms with E-state index in [2.05, 4.69) is 10.2 Å². The molecule has 0 N–H and O–H groups in total. The average Bonchev–Trinajstić information content (AvgIpc) is 2.70. The molecular weight excluding hydrogens is 338 g/mol. The van der Waals surface area contributed by atoms with Crippen LogP contribution in [-0.2, 0) is 22.3 Å². The molecule has 0 bridgehead atoms. The van der Waals surface area contributed by atoms with E-state index in [0.717, 1.165) is 10.6 Å². The van der Waals surface area contributed by atoms with Gasteiger partial charge >= 0.3 is 6.18 Å². The second-order valence-electron chi connectivity index (χ2n) is 4.00. The van der Waals surface area contributed by atoms with Gasteiger partial charge in [0.05, 0.1) is 5.56 Å². The van der Waals surface area contributed by atoms with Crippen molar-refractivity contribution in [3.05, 3.63) is 29.6 Å². The highest BCUT2D eigenvalue weighted by Gasteiger charge is 2.34. The van der Waals surface area contributed by atoms with Crippen molar-refractivity contribution in [3.8, 4) is 11.4 Å². The van der Waals surface area contributed by atoms with Crippen molar-refractivity contribution >= 4 is 19.7 Å². The molecule has 1 heterocycles. The summed E-state index contributed by atoms with van der Waals surface area (Å²) in [6, 6.07) is 2.16. The van der Waals surface area contributed by atoms with Crippen LogP contribution in [0.2, 0.25) is 0 Å². The van der Waals surface area contributed by atoms with Crippen LogP contribution in [0.4, 0.5) is 17.6 Å². The summed E-state index contributed by atoms with van der Waals surface area (Å²) >= 11 is 0. The Hall–Kier alpha value is -1.68. The van der Waals surface area contributed by atoms with Crippen LogP contribution in [0.5, 0.6) is 0 Å². The van der Waals surface area contributed by atoms with Crippen LogP contribution in [-0.4, -0.2) is 23.2 Å². The summed E-state index contributed by atoms with van der Waals surface area (Å²) in [6.45, 7) is 0. The van der Waals surface area contributed by atoms with Gasteiger partial charge in [0.25, 0.3) is 14.2 Å². The third-order valence-electron chi connectivity index (χ3n) is 2.58. The van der Waals surface area contributed by atoms with E-state index in [9.17, 15) is 26.0 Å². The molecule has 1 aromatic carbocycles. The van der Waals surface area contributed by atoms with Gasteiger partial charge < -0.3 is 0 Å². The molecule has 0 unspecified atom stereocenters. The Morgan fingerprint density at radius 2 is 1.86 bits per heavy atom. The van der Waals surface area contributed by atoms with Crippen LogP contribution < -0.4 is 0 Å². The molecular formula is C10H6ClF4N3O2S. The first-order chi connectivity index (χ1) is 9.51. The van der Waals surface area contributed by atoms with Gasteiger partial charge in [-0.15, -0.1) is 10.2 Å². The van der Waals surface area contributed by atoms with Crippen LogP contribution in [0, 0.1) is 5.82 Å². The Balaban J connectivity index is 2.62. The van der Waals surface area contributed by atoms with Gasteiger partial charge in [-0.1, -0.05) is 0 Å². The van der Waals surface area contributed by atoms with E-state index in [1.165, 1.54) is 7.05 Å². The second kappa shape index (κ2) is 4.95. The lowest BCUT2D eigenvalue weighted by molar-refractivity contribution is -0.139. The summed E-state index contributed by atoms with van der Waals surface area (Å²) in [4.78, 5) is 0. The Morgan fingerprint density at radius 1 is 1.24 bits per heavy atom. The Morgan fingerprint density at radius 3 is 2.33 bits per heavy atom. The fourth-order valence-electron chi connectivity index (χ4n) is 1.66. The van der Waals surface area contributed by atoms with Crippen molar-refractivity contribution < 1.29 is 26.0 Å². The van der Waals surface area contributed by atoms with Crippen LogP contribution in [0.25, 0.3) is 11.4 Å². The molecule has 114 valence electrons. The maximum atomic E-state index is 13.2. The van der Waals surface area contributed by atoms with E-state index in [1.54, 1.807) is 0 Å². The highest BCUT2D eigenvalue weighted by atomic mass is 35.7. The molecule has 1 aromatic heterocycles. The molecule has 0 aliphatic rings. The van der Waals surface area contributed by atoms with Gasteiger partial charge in [0.15, 0.2) is 5.82 Å². The molecule has 0 spiro atoms. The van der Waals surface area contributed by atoms with Gasteiger partial charge in [-0.2, -0.15) is 13.2 Å². The van der Waals surface area contributed by atoms with Crippen molar-refractivity contribution in [2.45, 2.75) is 11.3 Å². The topological polar surface area (TPSA) is 64.8 Å².